The second-order valence-corrected chi connectivity index (χ2v) is 17.5. The van der Waals surface area contributed by atoms with E-state index in [4.69, 9.17) is 17.1 Å². The van der Waals surface area contributed by atoms with Crippen molar-refractivity contribution in [2.24, 2.45) is 0 Å². The Morgan fingerprint density at radius 2 is 1.23 bits per heavy atom. The molecule has 1 atom stereocenters. The van der Waals surface area contributed by atoms with Crippen molar-refractivity contribution in [1.29, 1.82) is 0 Å². The van der Waals surface area contributed by atoms with E-state index in [0.29, 0.717) is 17.0 Å². The Labute approximate surface area is 406 Å². The number of rotatable bonds is 6. The van der Waals surface area contributed by atoms with Gasteiger partial charge in [0.2, 0.25) is 5.69 Å². The molecular weight excluding hydrogens is 803 g/mol. The maximum absolute atomic E-state index is 9.57. The average Bonchev–Trinajstić information content (AvgIpc) is 3.93. The lowest BCUT2D eigenvalue weighted by Gasteiger charge is -2.32. The third-order valence-corrected chi connectivity index (χ3v) is 13.4. The molecule has 0 saturated carbocycles. The van der Waals surface area contributed by atoms with Gasteiger partial charge in [-0.25, -0.2) is 0 Å². The summed E-state index contributed by atoms with van der Waals surface area (Å²) < 4.78 is 137. The highest BCUT2D eigenvalue weighted by molar-refractivity contribution is 6.00. The molecule has 5 heterocycles. The fourth-order valence-electron chi connectivity index (χ4n) is 10.5. The lowest BCUT2D eigenvalue weighted by molar-refractivity contribution is -0.997. The van der Waals surface area contributed by atoms with E-state index in [1.807, 2.05) is 109 Å². The molecule has 0 bridgehead atoms. The second kappa shape index (κ2) is 14.1. The van der Waals surface area contributed by atoms with Crippen LogP contribution >= 0.6 is 0 Å². The molecule has 4 nitrogen and oxygen atoms in total. The van der Waals surface area contributed by atoms with Crippen LogP contribution in [0.25, 0.3) is 95.0 Å². The smallest absolute Gasteiger partial charge is 0.392 e. The normalized spacial score (nSPS) is 18.9. The molecule has 66 heavy (non-hydrogen) atoms. The van der Waals surface area contributed by atoms with Crippen LogP contribution in [0, 0.1) is 0 Å². The van der Waals surface area contributed by atoms with Gasteiger partial charge in [-0.3, -0.25) is 0 Å². The Balaban J connectivity index is 1.15. The average molecular weight is 866 g/mol. The highest BCUT2D eigenvalue weighted by Crippen LogP contribution is 2.55. The van der Waals surface area contributed by atoms with Gasteiger partial charge in [-0.1, -0.05) is 168 Å². The molecule has 13 rings (SSSR count). The molecule has 0 aliphatic carbocycles. The van der Waals surface area contributed by atoms with Crippen LogP contribution in [-0.4, -0.2) is 4.57 Å². The fraction of sp³-hybridized carbons (Fsp3) is 0.129. The highest BCUT2D eigenvalue weighted by atomic mass is 16.5. The van der Waals surface area contributed by atoms with E-state index >= 15 is 0 Å². The van der Waals surface area contributed by atoms with Crippen LogP contribution in [0.1, 0.15) is 76.2 Å². The van der Waals surface area contributed by atoms with Crippen LogP contribution in [-0.2, 0) is 11.3 Å². The Hall–Kier alpha value is -7.82. The lowest BCUT2D eigenvalue weighted by atomic mass is 9.85. The van der Waals surface area contributed by atoms with Crippen LogP contribution in [0.5, 0.6) is 5.75 Å². The van der Waals surface area contributed by atoms with Gasteiger partial charge in [-0.15, -0.1) is 9.13 Å². The first kappa shape index (κ1) is 26.8. The number of hydrogen-bond donors (Lipinski definition) is 0. The molecule has 0 amide bonds. The monoisotopic (exact) mass is 865 g/mol. The second-order valence-electron chi connectivity index (χ2n) is 17.5. The molecule has 1 unspecified atom stereocenters. The maximum atomic E-state index is 9.57. The van der Waals surface area contributed by atoms with Crippen LogP contribution < -0.4 is 13.9 Å². The summed E-state index contributed by atoms with van der Waals surface area (Å²) in [6.45, 7) is -7.67. The lowest BCUT2D eigenvalue weighted by Crippen LogP contribution is -2.78. The van der Waals surface area contributed by atoms with Crippen molar-refractivity contribution in [3.63, 3.8) is 0 Å². The number of aromatic nitrogens is 3. The van der Waals surface area contributed by atoms with Crippen molar-refractivity contribution in [3.8, 4) is 89.7 Å². The van der Waals surface area contributed by atoms with Crippen LogP contribution in [0.15, 0.2) is 200 Å². The van der Waals surface area contributed by atoms with Gasteiger partial charge in [-0.2, -0.15) is 4.57 Å². The van der Waals surface area contributed by atoms with E-state index in [0.717, 1.165) is 83.7 Å². The number of hydrogen-bond acceptors (Lipinski definition) is 1. The zero-order valence-electron chi connectivity index (χ0n) is 50.0. The first-order valence-electron chi connectivity index (χ1n) is 29.0. The quantitative estimate of drug-likeness (QED) is 0.153. The summed E-state index contributed by atoms with van der Waals surface area (Å²) in [6.07, 6.45) is 1.77. The largest absolute Gasteiger partial charge is 0.499 e. The van der Waals surface area contributed by atoms with Gasteiger partial charge in [0.05, 0.1) is 11.0 Å². The highest BCUT2D eigenvalue weighted by Gasteiger charge is 2.68. The van der Waals surface area contributed by atoms with Crippen molar-refractivity contribution < 1.29 is 33.1 Å². The number of ether oxygens (including phenoxy) is 1. The SMILES string of the molecule is [2H]c1c([2H])c(C(C([2H])([2H])[2H])(C([2H])([2H])[2H])C([2H])([2H])[2H])c([2H])c([2H])c1-c1cc[n+]2c(c1)-c1cc(-c3ccccc3)cc3c1C21Oc2ccccc2-c2n(-c4cc(-c5ccccc5)c(C([2H])(C)C)cc4-c4ccccc4)c4cccc-3c4[n+]21. The molecule has 1 spiro atoms. The third kappa shape index (κ3) is 5.45. The Morgan fingerprint density at radius 1 is 0.576 bits per heavy atom. The summed E-state index contributed by atoms with van der Waals surface area (Å²) in [4.78, 5) is 0. The van der Waals surface area contributed by atoms with Crippen molar-refractivity contribution in [2.75, 3.05) is 0 Å². The Kier molecular flexibility index (Phi) is 5.73. The molecular formula is C62H49N3O+2. The number of imidazole rings is 1. The zero-order valence-corrected chi connectivity index (χ0v) is 36.0. The minimum absolute atomic E-state index is 0.163. The number of nitrogens with zero attached hydrogens (tertiary/aromatic N) is 3. The van der Waals surface area contributed by atoms with Crippen molar-refractivity contribution in [2.45, 2.75) is 51.6 Å². The van der Waals surface area contributed by atoms with Gasteiger partial charge in [-0.05, 0) is 110 Å². The molecule has 0 radical (unpaired) electrons. The summed E-state index contributed by atoms with van der Waals surface area (Å²) in [5.41, 5.74) is 8.38. The number of benzene rings is 8. The summed E-state index contributed by atoms with van der Waals surface area (Å²) in [6, 6.07) is 52.5. The van der Waals surface area contributed by atoms with Gasteiger partial charge in [0, 0.05) is 42.5 Å². The van der Waals surface area contributed by atoms with Crippen LogP contribution in [0.2, 0.25) is 0 Å². The Morgan fingerprint density at radius 3 is 1.94 bits per heavy atom. The molecule has 2 aromatic heterocycles. The van der Waals surface area contributed by atoms with E-state index in [9.17, 15) is 6.85 Å². The van der Waals surface area contributed by atoms with Gasteiger partial charge in [0.15, 0.2) is 17.2 Å². The van der Waals surface area contributed by atoms with E-state index in [1.165, 1.54) is 0 Å². The minimum atomic E-state index is -3.83. The molecule has 316 valence electrons. The summed E-state index contributed by atoms with van der Waals surface area (Å²) in [7, 11) is 0. The molecule has 0 N–H and O–H groups in total. The van der Waals surface area contributed by atoms with Crippen LogP contribution in [0.3, 0.4) is 0 Å². The molecule has 8 aromatic carbocycles. The number of pyridine rings is 1. The first-order valence-corrected chi connectivity index (χ1v) is 22.0. The summed E-state index contributed by atoms with van der Waals surface area (Å²) in [5, 5.41) is 0. The van der Waals surface area contributed by atoms with Crippen LogP contribution in [0.4, 0.5) is 0 Å². The molecule has 4 heteroatoms. The molecule has 3 aliphatic heterocycles. The molecule has 0 saturated heterocycles. The predicted octanol–water partition coefficient (Wildman–Crippen LogP) is 14.5. The molecule has 3 aliphatic rings. The maximum Gasteiger partial charge on any atom is 0.499 e. The van der Waals surface area contributed by atoms with Gasteiger partial charge < -0.3 is 4.74 Å². The van der Waals surface area contributed by atoms with Crippen molar-refractivity contribution >= 4 is 11.0 Å². The zero-order chi connectivity index (χ0) is 56.4. The standard InChI is InChI=1S/C62H49N3O/c1-39(2)49-37-51(43-22-13-8-14-23-43)56(38-50(49)42-20-11-7-12-21-42)64-54-26-17-25-47-52-34-45(40-18-9-6-10-19-40)35-53-55-36-44(41-28-30-46(31-29-41)61(3,4)5)32-33-63(55)62(58(52)53)65(59(47)54)60(64)48-24-15-16-27-57(48)66-62/h6-39H,1-5H3/q+2/i3D3,4D3,5D3,28D,29D,30D,31D,39D. The summed E-state index contributed by atoms with van der Waals surface area (Å²) >= 11 is 0. The number of fused-ring (bicyclic) bond motifs is 5. The number of para-hydroxylation sites is 2. The first-order chi connectivity index (χ1) is 37.9. The van der Waals surface area contributed by atoms with Gasteiger partial charge in [0.1, 0.15) is 22.6 Å². The molecule has 0 fully saturated rings. The topological polar surface area (TPSA) is 21.9 Å². The van der Waals surface area contributed by atoms with Gasteiger partial charge >= 0.3 is 11.7 Å². The van der Waals surface area contributed by atoms with Gasteiger partial charge in [0.25, 0.3) is 0 Å². The van der Waals surface area contributed by atoms with Crippen molar-refractivity contribution in [3.05, 3.63) is 217 Å². The minimum Gasteiger partial charge on any atom is -0.392 e. The van der Waals surface area contributed by atoms with E-state index < -0.39 is 67.4 Å². The van der Waals surface area contributed by atoms with E-state index in [1.54, 1.807) is 18.3 Å². The third-order valence-electron chi connectivity index (χ3n) is 13.4. The van der Waals surface area contributed by atoms with Crippen molar-refractivity contribution in [1.82, 2.24) is 4.57 Å². The Bertz CT molecular complexity index is 4190. The van der Waals surface area contributed by atoms with E-state index in [2.05, 4.69) is 75.9 Å². The molecule has 10 aromatic rings. The van der Waals surface area contributed by atoms with E-state index in [-0.39, 0.29) is 11.1 Å². The fourth-order valence-corrected chi connectivity index (χ4v) is 10.5. The predicted molar refractivity (Wildman–Crippen MR) is 268 cm³/mol. The summed E-state index contributed by atoms with van der Waals surface area (Å²) in [5.74, 6) is -1.17.